The van der Waals surface area contributed by atoms with Crippen LogP contribution in [0.15, 0.2) is 21.9 Å². The Kier molecular flexibility index (Phi) is 12.9. The average Bonchev–Trinajstić information content (AvgIpc) is 3.22. The summed E-state index contributed by atoms with van der Waals surface area (Å²) < 4.78 is 59.6. The second-order valence-corrected chi connectivity index (χ2v) is 12.3. The lowest BCUT2D eigenvalue weighted by Crippen LogP contribution is -2.64. The third-order valence-electron chi connectivity index (χ3n) is 6.18. The predicted molar refractivity (Wildman–Crippen MR) is 137 cm³/mol. The number of aliphatic hydroxyl groups is 5. The highest BCUT2D eigenvalue weighted by atomic mass is 31.3. The normalized spacial score (nSPS) is 33.4. The molecular formula is C20H33N3O19P2. The Labute approximate surface area is 246 Å². The highest BCUT2D eigenvalue weighted by molar-refractivity contribution is 7.61. The zero-order valence-electron chi connectivity index (χ0n) is 22.8. The summed E-state index contributed by atoms with van der Waals surface area (Å²) in [5, 5.41) is 52.7. The fourth-order valence-corrected chi connectivity index (χ4v) is 6.22. The number of nitrogens with zero attached hydrogens (tertiary/aromatic N) is 1. The molecule has 0 spiro atoms. The van der Waals surface area contributed by atoms with Crippen molar-refractivity contribution in [1.29, 1.82) is 0 Å². The number of rotatable bonds is 15. The summed E-state index contributed by atoms with van der Waals surface area (Å²) in [6.45, 7) is -2.43. The van der Waals surface area contributed by atoms with E-state index in [2.05, 4.69) is 14.2 Å². The molecule has 0 saturated carbocycles. The molecule has 22 nitrogen and oxygen atoms in total. The average molecular weight is 681 g/mol. The molecule has 0 aliphatic carbocycles. The number of amides is 1. The minimum Gasteiger partial charge on any atom is -0.394 e. The largest absolute Gasteiger partial charge is 0.483 e. The van der Waals surface area contributed by atoms with Crippen LogP contribution in [-0.4, -0.2) is 140 Å². The van der Waals surface area contributed by atoms with E-state index in [4.69, 9.17) is 23.5 Å². The smallest absolute Gasteiger partial charge is 0.394 e. The summed E-state index contributed by atoms with van der Waals surface area (Å²) in [5.74, 6) is -0.915. The van der Waals surface area contributed by atoms with Crippen LogP contribution in [0.4, 0.5) is 0 Å². The van der Waals surface area contributed by atoms with Crippen molar-refractivity contribution >= 4 is 21.6 Å². The number of phosphoric ester groups is 2. The molecule has 252 valence electrons. The van der Waals surface area contributed by atoms with Gasteiger partial charge in [-0.1, -0.05) is 0 Å². The van der Waals surface area contributed by atoms with Gasteiger partial charge in [-0.05, 0) is 0 Å². The quantitative estimate of drug-likeness (QED) is 0.0618. The molecule has 24 heteroatoms. The molecule has 2 aliphatic heterocycles. The highest BCUT2D eigenvalue weighted by Gasteiger charge is 2.50. The molecule has 1 aromatic heterocycles. The maximum absolute atomic E-state index is 12.6. The minimum atomic E-state index is -5.71. The topological polar surface area (TPSA) is 324 Å². The lowest BCUT2D eigenvalue weighted by Gasteiger charge is -2.42. The Morgan fingerprint density at radius 3 is 2.34 bits per heavy atom. The van der Waals surface area contributed by atoms with E-state index in [0.717, 1.165) is 16.8 Å². The molecule has 0 radical (unpaired) electrons. The second-order valence-electron chi connectivity index (χ2n) is 9.33. The van der Waals surface area contributed by atoms with E-state index < -0.39 is 108 Å². The number of H-pyrrole nitrogens is 1. The molecule has 11 atom stereocenters. The molecule has 2 fully saturated rings. The maximum Gasteiger partial charge on any atom is 0.483 e. The van der Waals surface area contributed by atoms with Gasteiger partial charge in [0.1, 0.15) is 49.3 Å². The van der Waals surface area contributed by atoms with Crippen LogP contribution in [0, 0.1) is 0 Å². The van der Waals surface area contributed by atoms with Crippen molar-refractivity contribution in [3.63, 3.8) is 0 Å². The van der Waals surface area contributed by atoms with E-state index in [0.29, 0.717) is 0 Å². The van der Waals surface area contributed by atoms with E-state index in [1.54, 1.807) is 0 Å². The van der Waals surface area contributed by atoms with Crippen LogP contribution >= 0.6 is 15.6 Å². The second kappa shape index (κ2) is 15.6. The number of carbonyl (C=O) groups is 1. The SMILES string of the molecule is COCCOCC(=O)NC1[C@H](OP(=O)(O)OP(=O)(O)OCC2OC(n3ccc(=O)[nH]c3=O)[C@H](O)[C@@H]2O)OC(CO)[C@H](O)[C@@H]1O. The monoisotopic (exact) mass is 681 g/mol. The first-order chi connectivity index (χ1) is 20.6. The third-order valence-corrected chi connectivity index (χ3v) is 8.78. The van der Waals surface area contributed by atoms with Gasteiger partial charge in [0.05, 0.1) is 26.4 Å². The van der Waals surface area contributed by atoms with Crippen LogP contribution < -0.4 is 16.6 Å². The molecule has 3 rings (SSSR count). The number of nitrogens with one attached hydrogen (secondary N) is 2. The number of hydrogen-bond donors (Lipinski definition) is 9. The predicted octanol–water partition coefficient (Wildman–Crippen LogP) is -5.01. The van der Waals surface area contributed by atoms with Gasteiger partial charge in [-0.3, -0.25) is 28.2 Å². The van der Waals surface area contributed by atoms with Crippen molar-refractivity contribution < 1.29 is 81.5 Å². The highest BCUT2D eigenvalue weighted by Crippen LogP contribution is 2.61. The van der Waals surface area contributed by atoms with Crippen molar-refractivity contribution in [2.45, 2.75) is 55.2 Å². The Hall–Kier alpha value is -1.95. The minimum absolute atomic E-state index is 0.00241. The number of aliphatic hydroxyl groups excluding tert-OH is 5. The molecule has 3 heterocycles. The molecule has 0 bridgehead atoms. The van der Waals surface area contributed by atoms with E-state index in [1.807, 2.05) is 4.98 Å². The molecule has 2 saturated heterocycles. The van der Waals surface area contributed by atoms with Crippen LogP contribution in [0.3, 0.4) is 0 Å². The number of hydrogen-bond acceptors (Lipinski definition) is 17. The zero-order valence-corrected chi connectivity index (χ0v) is 24.5. The third kappa shape index (κ3) is 9.53. The summed E-state index contributed by atoms with van der Waals surface area (Å²) in [4.78, 5) is 57.6. The Morgan fingerprint density at radius 1 is 1.02 bits per heavy atom. The zero-order chi connectivity index (χ0) is 32.8. The number of carbonyl (C=O) groups excluding carboxylic acids is 1. The van der Waals surface area contributed by atoms with Crippen molar-refractivity contribution in [3.05, 3.63) is 33.1 Å². The standard InChI is InChI=1S/C20H33N3O19P2/c1-36-4-5-37-8-12(26)21-13-16(29)14(27)9(6-24)40-19(13)41-44(34,35)42-43(32,33)38-7-10-15(28)17(30)18(39-10)23-3-2-11(25)22-20(23)31/h2-3,9-10,13-19,24,27-30H,4-8H2,1H3,(H,21,26)(H,32,33)(H,34,35)(H,22,25,31)/t9?,10?,13?,14-,15+,16+,17+,18?,19-/m0/s1. The van der Waals surface area contributed by atoms with Gasteiger partial charge in [-0.15, -0.1) is 0 Å². The molecule has 9 N–H and O–H groups in total. The Balaban J connectivity index is 1.64. The first-order valence-corrected chi connectivity index (χ1v) is 15.6. The summed E-state index contributed by atoms with van der Waals surface area (Å²) >= 11 is 0. The van der Waals surface area contributed by atoms with E-state index >= 15 is 0 Å². The fourth-order valence-electron chi connectivity index (χ4n) is 4.06. The summed E-state index contributed by atoms with van der Waals surface area (Å²) in [7, 11) is -9.89. The van der Waals surface area contributed by atoms with Gasteiger partial charge in [0.15, 0.2) is 12.5 Å². The van der Waals surface area contributed by atoms with Crippen LogP contribution in [0.25, 0.3) is 0 Å². The maximum atomic E-state index is 12.6. The molecule has 2 aliphatic rings. The van der Waals surface area contributed by atoms with Crippen LogP contribution in [0.5, 0.6) is 0 Å². The van der Waals surface area contributed by atoms with Gasteiger partial charge in [-0.2, -0.15) is 4.31 Å². The summed E-state index contributed by atoms with van der Waals surface area (Å²) in [6.07, 6.45) is -13.4. The number of ether oxygens (including phenoxy) is 4. The molecule has 44 heavy (non-hydrogen) atoms. The lowest BCUT2D eigenvalue weighted by molar-refractivity contribution is -0.248. The Bertz CT molecular complexity index is 1330. The van der Waals surface area contributed by atoms with Crippen molar-refractivity contribution in [2.24, 2.45) is 0 Å². The molecule has 1 aromatic rings. The number of aromatic amines is 1. The molecule has 6 unspecified atom stereocenters. The van der Waals surface area contributed by atoms with Gasteiger partial charge in [0, 0.05) is 19.4 Å². The van der Waals surface area contributed by atoms with Gasteiger partial charge < -0.3 is 59.6 Å². The van der Waals surface area contributed by atoms with Crippen LogP contribution in [0.1, 0.15) is 6.23 Å². The Morgan fingerprint density at radius 2 is 1.70 bits per heavy atom. The first-order valence-electron chi connectivity index (χ1n) is 12.6. The number of aromatic nitrogens is 2. The number of phosphoric acid groups is 2. The van der Waals surface area contributed by atoms with Crippen LogP contribution in [-0.2, 0) is 46.2 Å². The van der Waals surface area contributed by atoms with Crippen molar-refractivity contribution in [2.75, 3.05) is 40.1 Å². The summed E-state index contributed by atoms with van der Waals surface area (Å²) in [6, 6.07) is -0.876. The first kappa shape index (κ1) is 36.5. The van der Waals surface area contributed by atoms with E-state index in [1.165, 1.54) is 7.11 Å². The van der Waals surface area contributed by atoms with Crippen molar-refractivity contribution in [3.8, 4) is 0 Å². The molecule has 1 amide bonds. The van der Waals surface area contributed by atoms with Crippen molar-refractivity contribution in [1.82, 2.24) is 14.9 Å². The lowest BCUT2D eigenvalue weighted by atomic mass is 9.97. The molecule has 0 aromatic carbocycles. The van der Waals surface area contributed by atoms with Gasteiger partial charge >= 0.3 is 21.3 Å². The van der Waals surface area contributed by atoms with Gasteiger partial charge in [0.2, 0.25) is 5.91 Å². The van der Waals surface area contributed by atoms with Gasteiger partial charge in [-0.25, -0.2) is 13.9 Å². The number of methoxy groups -OCH3 is 1. The fraction of sp³-hybridized carbons (Fsp3) is 0.750. The molecular weight excluding hydrogens is 648 g/mol. The summed E-state index contributed by atoms with van der Waals surface area (Å²) in [5.41, 5.74) is -1.77. The van der Waals surface area contributed by atoms with Crippen LogP contribution in [0.2, 0.25) is 0 Å². The van der Waals surface area contributed by atoms with E-state index in [9.17, 15) is 58.8 Å². The van der Waals surface area contributed by atoms with E-state index in [-0.39, 0.29) is 13.2 Å². The van der Waals surface area contributed by atoms with Gasteiger partial charge in [0.25, 0.3) is 5.56 Å².